The first-order valence-corrected chi connectivity index (χ1v) is 14.7. The molecule has 232 valence electrons. The first kappa shape index (κ1) is 30.7. The molecule has 3 unspecified atom stereocenters. The Morgan fingerprint density at radius 3 is 2.58 bits per heavy atom. The van der Waals surface area contributed by atoms with Crippen LogP contribution < -0.4 is 10.2 Å². The first-order valence-electron chi connectivity index (χ1n) is 14.3. The SMILES string of the molecule is CC1CCCN(C2=NC(C(F)(F)F)C(C(=O)Nc3ccc(N4CCCN(C(=O)OCc5ccccc5Cl)CC4)nc3)O2)C1. The molecule has 2 fully saturated rings. The maximum Gasteiger partial charge on any atom is 0.415 e. The summed E-state index contributed by atoms with van der Waals surface area (Å²) < 4.78 is 52.3. The third-order valence-corrected chi connectivity index (χ3v) is 8.06. The number of hydrogen-bond acceptors (Lipinski definition) is 8. The van der Waals surface area contributed by atoms with Gasteiger partial charge in [0, 0.05) is 49.9 Å². The van der Waals surface area contributed by atoms with Crippen LogP contribution in [0.2, 0.25) is 5.02 Å². The van der Waals surface area contributed by atoms with Crippen LogP contribution >= 0.6 is 11.6 Å². The van der Waals surface area contributed by atoms with Gasteiger partial charge >= 0.3 is 12.3 Å². The number of nitrogens with zero attached hydrogens (tertiary/aromatic N) is 5. The van der Waals surface area contributed by atoms with E-state index in [4.69, 9.17) is 21.1 Å². The normalized spacial score (nSPS) is 22.9. The summed E-state index contributed by atoms with van der Waals surface area (Å²) >= 11 is 6.14. The van der Waals surface area contributed by atoms with Crippen molar-refractivity contribution in [3.05, 3.63) is 53.2 Å². The van der Waals surface area contributed by atoms with E-state index in [9.17, 15) is 22.8 Å². The van der Waals surface area contributed by atoms with Crippen molar-refractivity contribution in [3.8, 4) is 0 Å². The topological polar surface area (TPSA) is 99.6 Å². The molecule has 1 N–H and O–H groups in total. The lowest BCUT2D eigenvalue weighted by Crippen LogP contribution is -2.45. The van der Waals surface area contributed by atoms with E-state index < -0.39 is 30.3 Å². The van der Waals surface area contributed by atoms with E-state index in [0.29, 0.717) is 62.4 Å². The monoisotopic (exact) mass is 622 g/mol. The number of ether oxygens (including phenoxy) is 2. The lowest BCUT2D eigenvalue weighted by atomic mass is 10.0. The van der Waals surface area contributed by atoms with E-state index in [1.807, 2.05) is 17.9 Å². The number of aromatic nitrogens is 1. The number of rotatable bonds is 5. The summed E-state index contributed by atoms with van der Waals surface area (Å²) in [4.78, 5) is 39.0. The van der Waals surface area contributed by atoms with Crippen molar-refractivity contribution in [2.45, 2.75) is 51.1 Å². The van der Waals surface area contributed by atoms with E-state index in [1.54, 1.807) is 40.1 Å². The number of piperidine rings is 1. The highest BCUT2D eigenvalue weighted by Gasteiger charge is 2.54. The number of amides is 2. The van der Waals surface area contributed by atoms with E-state index in [-0.39, 0.29) is 18.3 Å². The Bertz CT molecular complexity index is 1330. The van der Waals surface area contributed by atoms with Crippen LogP contribution in [-0.4, -0.2) is 90.4 Å². The maximum atomic E-state index is 13.8. The minimum atomic E-state index is -4.74. The van der Waals surface area contributed by atoms with E-state index >= 15 is 0 Å². The number of pyridine rings is 1. The largest absolute Gasteiger partial charge is 0.449 e. The third-order valence-electron chi connectivity index (χ3n) is 7.69. The van der Waals surface area contributed by atoms with Gasteiger partial charge in [0.25, 0.3) is 11.9 Å². The molecule has 0 bridgehead atoms. The van der Waals surface area contributed by atoms with Crippen LogP contribution in [0.1, 0.15) is 31.7 Å². The van der Waals surface area contributed by atoms with Crippen LogP contribution in [0.4, 0.5) is 29.5 Å². The van der Waals surface area contributed by atoms with Gasteiger partial charge in [-0.25, -0.2) is 14.8 Å². The van der Waals surface area contributed by atoms with Crippen LogP contribution in [0.5, 0.6) is 0 Å². The molecule has 5 rings (SSSR count). The van der Waals surface area contributed by atoms with Gasteiger partial charge in [-0.3, -0.25) is 4.79 Å². The minimum absolute atomic E-state index is 0.0774. The number of carbonyl (C=O) groups excluding carboxylic acids is 2. The zero-order valence-electron chi connectivity index (χ0n) is 23.7. The van der Waals surface area contributed by atoms with Crippen LogP contribution in [0.3, 0.4) is 0 Å². The standard InChI is InChI=1S/C29H34ClF3N6O4/c1-19-6-4-11-39(17-19)27-36-25(29(31,32)33)24(43-27)26(40)35-21-9-10-23(34-16-21)37-12-5-13-38(15-14-37)28(41)42-18-20-7-2-3-8-22(20)30/h2-3,7-10,16,19,24-25H,4-6,11-15,17-18H2,1H3,(H,35,40). The second-order valence-electron chi connectivity index (χ2n) is 11.0. The number of aliphatic imine (C=N–C) groups is 1. The van der Waals surface area contributed by atoms with Crippen molar-refractivity contribution in [2.75, 3.05) is 49.5 Å². The van der Waals surface area contributed by atoms with Crippen molar-refractivity contribution in [3.63, 3.8) is 0 Å². The predicted molar refractivity (Wildman–Crippen MR) is 155 cm³/mol. The zero-order chi connectivity index (χ0) is 30.6. The number of likely N-dealkylation sites (tertiary alicyclic amines) is 1. The molecule has 0 spiro atoms. The Balaban J connectivity index is 1.15. The molecule has 10 nitrogen and oxygen atoms in total. The highest BCUT2D eigenvalue weighted by Crippen LogP contribution is 2.33. The molecule has 3 aliphatic rings. The Morgan fingerprint density at radius 2 is 1.86 bits per heavy atom. The summed E-state index contributed by atoms with van der Waals surface area (Å²) in [6.07, 6.45) is -3.14. The number of nitrogens with one attached hydrogen (secondary N) is 1. The van der Waals surface area contributed by atoms with Gasteiger partial charge in [-0.05, 0) is 43.4 Å². The fourth-order valence-electron chi connectivity index (χ4n) is 5.39. The number of hydrogen-bond donors (Lipinski definition) is 1. The fourth-order valence-corrected chi connectivity index (χ4v) is 5.58. The lowest BCUT2D eigenvalue weighted by molar-refractivity contribution is -0.165. The molecule has 2 aromatic rings. The molecule has 3 aliphatic heterocycles. The van der Waals surface area contributed by atoms with Gasteiger partial charge < -0.3 is 29.5 Å². The third kappa shape index (κ3) is 7.62. The highest BCUT2D eigenvalue weighted by molar-refractivity contribution is 6.31. The summed E-state index contributed by atoms with van der Waals surface area (Å²) in [5, 5.41) is 3.03. The van der Waals surface area contributed by atoms with Gasteiger partial charge in [-0.2, -0.15) is 13.2 Å². The zero-order valence-corrected chi connectivity index (χ0v) is 24.5. The maximum absolute atomic E-state index is 13.8. The number of benzene rings is 1. The Hall–Kier alpha value is -3.74. The number of alkyl halides is 3. The second-order valence-corrected chi connectivity index (χ2v) is 11.4. The van der Waals surface area contributed by atoms with E-state index in [2.05, 4.69) is 15.3 Å². The molecular formula is C29H34ClF3N6O4. The fraction of sp³-hybridized carbons (Fsp3) is 0.517. The molecule has 14 heteroatoms. The average molecular weight is 623 g/mol. The van der Waals surface area contributed by atoms with E-state index in [1.165, 1.54) is 6.20 Å². The number of halogens is 4. The summed E-state index contributed by atoms with van der Waals surface area (Å²) in [5.41, 5.74) is 0.960. The van der Waals surface area contributed by atoms with E-state index in [0.717, 1.165) is 18.4 Å². The van der Waals surface area contributed by atoms with Crippen molar-refractivity contribution >= 4 is 41.1 Å². The Kier molecular flexibility index (Phi) is 9.48. The molecule has 3 atom stereocenters. The van der Waals surface area contributed by atoms with Crippen molar-refractivity contribution in [1.82, 2.24) is 14.8 Å². The summed E-state index contributed by atoms with van der Waals surface area (Å²) in [6, 6.07) is 8.00. The van der Waals surface area contributed by atoms with Crippen LogP contribution in [-0.2, 0) is 20.9 Å². The molecule has 2 saturated heterocycles. The van der Waals surface area contributed by atoms with Crippen LogP contribution in [0.15, 0.2) is 47.6 Å². The molecular weight excluding hydrogens is 589 g/mol. The van der Waals surface area contributed by atoms with Gasteiger partial charge in [-0.1, -0.05) is 36.7 Å². The Morgan fingerprint density at radius 1 is 1.07 bits per heavy atom. The van der Waals surface area contributed by atoms with Gasteiger partial charge in [0.05, 0.1) is 11.9 Å². The molecule has 0 saturated carbocycles. The highest BCUT2D eigenvalue weighted by atomic mass is 35.5. The van der Waals surface area contributed by atoms with Gasteiger partial charge in [0.2, 0.25) is 6.10 Å². The molecule has 2 amide bonds. The molecule has 1 aromatic carbocycles. The van der Waals surface area contributed by atoms with Crippen LogP contribution in [0, 0.1) is 5.92 Å². The molecule has 0 radical (unpaired) electrons. The van der Waals surface area contributed by atoms with Crippen molar-refractivity contribution in [2.24, 2.45) is 10.9 Å². The van der Waals surface area contributed by atoms with Gasteiger partial charge in [-0.15, -0.1) is 0 Å². The average Bonchev–Trinajstić information content (AvgIpc) is 3.31. The summed E-state index contributed by atoms with van der Waals surface area (Å²) in [7, 11) is 0. The molecule has 43 heavy (non-hydrogen) atoms. The number of amidine groups is 1. The number of anilines is 2. The Labute approximate surface area is 252 Å². The molecule has 0 aliphatic carbocycles. The van der Waals surface area contributed by atoms with Gasteiger partial charge in [0.15, 0.2) is 6.04 Å². The molecule has 4 heterocycles. The second kappa shape index (κ2) is 13.3. The minimum Gasteiger partial charge on any atom is -0.449 e. The molecule has 1 aromatic heterocycles. The van der Waals surface area contributed by atoms with Crippen molar-refractivity contribution < 1.29 is 32.2 Å². The smallest absolute Gasteiger partial charge is 0.415 e. The quantitative estimate of drug-likeness (QED) is 0.504. The number of carbonyl (C=O) groups is 2. The summed E-state index contributed by atoms with van der Waals surface area (Å²) in [6.45, 7) is 5.21. The predicted octanol–water partition coefficient (Wildman–Crippen LogP) is 4.94. The van der Waals surface area contributed by atoms with Gasteiger partial charge in [0.1, 0.15) is 12.4 Å². The first-order chi connectivity index (χ1) is 20.6. The van der Waals surface area contributed by atoms with Crippen LogP contribution in [0.25, 0.3) is 0 Å². The van der Waals surface area contributed by atoms with Crippen molar-refractivity contribution in [1.29, 1.82) is 0 Å². The summed E-state index contributed by atoms with van der Waals surface area (Å²) in [5.74, 6) is -0.0389. The lowest BCUT2D eigenvalue weighted by Gasteiger charge is -2.31.